The summed E-state index contributed by atoms with van der Waals surface area (Å²) in [5, 5.41) is 9.17. The topological polar surface area (TPSA) is 30.7 Å². The second kappa shape index (κ2) is 4.93. The van der Waals surface area contributed by atoms with Crippen LogP contribution in [0, 0.1) is 0 Å². The summed E-state index contributed by atoms with van der Waals surface area (Å²) in [6, 6.07) is 18.3. The summed E-state index contributed by atoms with van der Waals surface area (Å²) >= 11 is 0. The third-order valence-corrected chi connectivity index (χ3v) is 3.59. The fourth-order valence-corrected chi connectivity index (χ4v) is 2.32. The first kappa shape index (κ1) is 12.6. The van der Waals surface area contributed by atoms with Gasteiger partial charge in [-0.05, 0) is 24.6 Å². The van der Waals surface area contributed by atoms with Crippen molar-refractivity contribution in [3.63, 3.8) is 0 Å². The fourth-order valence-electron chi connectivity index (χ4n) is 2.32. The average molecular weight is 263 g/mol. The van der Waals surface area contributed by atoms with E-state index in [0.717, 1.165) is 17.5 Å². The molecule has 1 heterocycles. The van der Waals surface area contributed by atoms with Crippen molar-refractivity contribution in [2.45, 2.75) is 18.9 Å². The summed E-state index contributed by atoms with van der Waals surface area (Å²) in [5.74, 6) is 0. The lowest BCUT2D eigenvalue weighted by Gasteiger charge is -2.24. The van der Waals surface area contributed by atoms with Crippen molar-refractivity contribution >= 4 is 11.0 Å². The third kappa shape index (κ3) is 2.23. The zero-order chi connectivity index (χ0) is 14.0. The van der Waals surface area contributed by atoms with E-state index in [4.69, 9.17) is 0 Å². The molecule has 0 aliphatic heterocycles. The fraction of sp³-hybridized carbons (Fsp3) is 0.176. The van der Waals surface area contributed by atoms with E-state index in [1.807, 2.05) is 48.5 Å². The van der Waals surface area contributed by atoms with Crippen molar-refractivity contribution in [2.75, 3.05) is 0 Å². The van der Waals surface area contributed by atoms with Crippen LogP contribution in [0.15, 0.2) is 67.3 Å². The Kier molecular flexibility index (Phi) is 3.11. The summed E-state index contributed by atoms with van der Waals surface area (Å²) in [5.41, 5.74) is 2.74. The number of benzene rings is 2. The Morgan fingerprint density at radius 3 is 2.10 bits per heavy atom. The Labute approximate surface area is 118 Å². The van der Waals surface area contributed by atoms with E-state index in [1.54, 1.807) is 4.80 Å². The lowest BCUT2D eigenvalue weighted by Crippen LogP contribution is -2.32. The van der Waals surface area contributed by atoms with E-state index in [1.165, 1.54) is 5.56 Å². The quantitative estimate of drug-likeness (QED) is 0.674. The van der Waals surface area contributed by atoms with Gasteiger partial charge in [0.2, 0.25) is 0 Å². The molecule has 0 saturated heterocycles. The number of aromatic nitrogens is 3. The van der Waals surface area contributed by atoms with Crippen molar-refractivity contribution in [1.82, 2.24) is 15.0 Å². The molecule has 20 heavy (non-hydrogen) atoms. The molecule has 3 nitrogen and oxygen atoms in total. The number of hydrogen-bond donors (Lipinski definition) is 0. The highest BCUT2D eigenvalue weighted by atomic mass is 15.5. The van der Waals surface area contributed by atoms with Crippen LogP contribution >= 0.6 is 0 Å². The number of nitrogens with zero attached hydrogens (tertiary/aromatic N) is 3. The number of rotatable bonds is 4. The molecule has 0 saturated carbocycles. The van der Waals surface area contributed by atoms with Gasteiger partial charge in [0.1, 0.15) is 16.6 Å². The van der Waals surface area contributed by atoms with Crippen LogP contribution in [0.3, 0.4) is 0 Å². The van der Waals surface area contributed by atoms with Gasteiger partial charge in [0, 0.05) is 6.42 Å². The van der Waals surface area contributed by atoms with Crippen LogP contribution in [0.4, 0.5) is 0 Å². The van der Waals surface area contributed by atoms with E-state index in [2.05, 4.69) is 35.8 Å². The molecule has 0 fully saturated rings. The summed E-state index contributed by atoms with van der Waals surface area (Å²) in [6.07, 6.45) is 2.73. The van der Waals surface area contributed by atoms with Crippen LogP contribution in [-0.2, 0) is 12.0 Å². The van der Waals surface area contributed by atoms with E-state index in [9.17, 15) is 0 Å². The molecular weight excluding hydrogens is 246 g/mol. The molecule has 1 atom stereocenters. The Morgan fingerprint density at radius 1 is 1.00 bits per heavy atom. The predicted molar refractivity (Wildman–Crippen MR) is 81.5 cm³/mol. The average Bonchev–Trinajstić information content (AvgIpc) is 2.93. The van der Waals surface area contributed by atoms with Crippen molar-refractivity contribution < 1.29 is 0 Å². The second-order valence-electron chi connectivity index (χ2n) is 5.20. The molecule has 0 bridgehead atoms. The minimum atomic E-state index is -0.333. The highest BCUT2D eigenvalue weighted by Gasteiger charge is 2.25. The van der Waals surface area contributed by atoms with Gasteiger partial charge in [-0.25, -0.2) is 0 Å². The normalized spacial score (nSPS) is 14.1. The maximum Gasteiger partial charge on any atom is 0.113 e. The van der Waals surface area contributed by atoms with Gasteiger partial charge in [-0.2, -0.15) is 15.0 Å². The monoisotopic (exact) mass is 263 g/mol. The zero-order valence-electron chi connectivity index (χ0n) is 11.5. The molecule has 2 aromatic carbocycles. The lowest BCUT2D eigenvalue weighted by molar-refractivity contribution is 0.327. The first-order valence-corrected chi connectivity index (χ1v) is 6.71. The molecule has 0 aliphatic carbocycles. The zero-order valence-corrected chi connectivity index (χ0v) is 11.5. The number of hydrogen-bond acceptors (Lipinski definition) is 2. The van der Waals surface area contributed by atoms with Crippen LogP contribution in [0.2, 0.25) is 0 Å². The van der Waals surface area contributed by atoms with Crippen LogP contribution in [-0.4, -0.2) is 15.0 Å². The number of allylic oxidation sites excluding steroid dienone is 1. The van der Waals surface area contributed by atoms with Crippen molar-refractivity contribution in [3.8, 4) is 0 Å². The highest BCUT2D eigenvalue weighted by molar-refractivity contribution is 5.73. The number of fused-ring (bicyclic) bond motifs is 1. The van der Waals surface area contributed by atoms with Gasteiger partial charge in [0.15, 0.2) is 0 Å². The standard InChI is InChI=1S/C17H17N3/c1-3-17(2,13-14-9-5-4-6-10-14)20-18-15-11-7-8-12-16(15)19-20/h3-12H,1,13H2,2H3. The molecule has 3 aromatic rings. The molecular formula is C17H17N3. The van der Waals surface area contributed by atoms with Gasteiger partial charge in [-0.1, -0.05) is 48.5 Å². The predicted octanol–water partition coefficient (Wildman–Crippen LogP) is 3.58. The molecule has 0 spiro atoms. The van der Waals surface area contributed by atoms with Crippen LogP contribution < -0.4 is 0 Å². The summed E-state index contributed by atoms with van der Waals surface area (Å²) in [4.78, 5) is 1.78. The van der Waals surface area contributed by atoms with E-state index >= 15 is 0 Å². The first-order valence-electron chi connectivity index (χ1n) is 6.71. The van der Waals surface area contributed by atoms with Gasteiger partial charge in [-0.3, -0.25) is 0 Å². The third-order valence-electron chi connectivity index (χ3n) is 3.59. The van der Waals surface area contributed by atoms with Crippen LogP contribution in [0.1, 0.15) is 12.5 Å². The Balaban J connectivity index is 2.01. The van der Waals surface area contributed by atoms with Gasteiger partial charge in [-0.15, -0.1) is 6.58 Å². The first-order chi connectivity index (χ1) is 9.71. The molecule has 0 N–H and O–H groups in total. The van der Waals surface area contributed by atoms with Crippen molar-refractivity contribution in [2.24, 2.45) is 0 Å². The maximum atomic E-state index is 4.59. The minimum Gasteiger partial charge on any atom is -0.174 e. The molecule has 0 aliphatic rings. The van der Waals surface area contributed by atoms with E-state index < -0.39 is 0 Å². The van der Waals surface area contributed by atoms with Gasteiger partial charge < -0.3 is 0 Å². The molecule has 1 unspecified atom stereocenters. The summed E-state index contributed by atoms with van der Waals surface area (Å²) in [7, 11) is 0. The minimum absolute atomic E-state index is 0.333. The van der Waals surface area contributed by atoms with Crippen molar-refractivity contribution in [1.29, 1.82) is 0 Å². The Hall–Kier alpha value is -2.42. The Bertz CT molecular complexity index is 697. The SMILES string of the molecule is C=CC(C)(Cc1ccccc1)n1nc2ccccc2n1. The smallest absolute Gasteiger partial charge is 0.113 e. The van der Waals surface area contributed by atoms with Gasteiger partial charge in [0.25, 0.3) is 0 Å². The van der Waals surface area contributed by atoms with E-state index in [-0.39, 0.29) is 5.54 Å². The highest BCUT2D eigenvalue weighted by Crippen LogP contribution is 2.23. The largest absolute Gasteiger partial charge is 0.174 e. The second-order valence-corrected chi connectivity index (χ2v) is 5.20. The van der Waals surface area contributed by atoms with Crippen molar-refractivity contribution in [3.05, 3.63) is 72.8 Å². The molecule has 1 aromatic heterocycles. The molecule has 3 rings (SSSR count). The molecule has 100 valence electrons. The van der Waals surface area contributed by atoms with Crippen LogP contribution in [0.25, 0.3) is 11.0 Å². The van der Waals surface area contributed by atoms with Gasteiger partial charge in [0.05, 0.1) is 0 Å². The summed E-state index contributed by atoms with van der Waals surface area (Å²) < 4.78 is 0. The van der Waals surface area contributed by atoms with Crippen LogP contribution in [0.5, 0.6) is 0 Å². The Morgan fingerprint density at radius 2 is 1.55 bits per heavy atom. The molecule has 0 radical (unpaired) electrons. The molecule has 3 heteroatoms. The van der Waals surface area contributed by atoms with Gasteiger partial charge >= 0.3 is 0 Å². The maximum absolute atomic E-state index is 4.59. The lowest BCUT2D eigenvalue weighted by atomic mass is 9.94. The molecule has 0 amide bonds. The van der Waals surface area contributed by atoms with E-state index in [0.29, 0.717) is 0 Å². The summed E-state index contributed by atoms with van der Waals surface area (Å²) in [6.45, 7) is 6.08.